The van der Waals surface area contributed by atoms with Crippen molar-refractivity contribution in [2.75, 3.05) is 0 Å². The number of fused-ring (bicyclic) bond motifs is 1. The molecule has 0 aliphatic heterocycles. The van der Waals surface area contributed by atoms with Gasteiger partial charge in [-0.15, -0.1) is 11.3 Å². The number of thiazole rings is 1. The molecule has 0 saturated heterocycles. The molecule has 0 aromatic carbocycles. The van der Waals surface area contributed by atoms with Gasteiger partial charge in [0.05, 0.1) is 11.4 Å². The van der Waals surface area contributed by atoms with E-state index in [0.29, 0.717) is 12.1 Å². The third kappa shape index (κ3) is 2.68. The second-order valence-electron chi connectivity index (χ2n) is 5.63. The summed E-state index contributed by atoms with van der Waals surface area (Å²) in [6.07, 6.45) is 6.88. The Morgan fingerprint density at radius 1 is 1.37 bits per heavy atom. The van der Waals surface area contributed by atoms with Gasteiger partial charge in [0.15, 0.2) is 4.96 Å². The largest absolute Gasteiger partial charge is 0.328 e. The van der Waals surface area contributed by atoms with Crippen molar-refractivity contribution in [2.24, 2.45) is 5.73 Å². The smallest absolute Gasteiger partial charge is 0.194 e. The van der Waals surface area contributed by atoms with E-state index >= 15 is 0 Å². The Bertz CT molecular complexity index is 563. The third-order valence-corrected chi connectivity index (χ3v) is 4.97. The van der Waals surface area contributed by atoms with Gasteiger partial charge < -0.3 is 11.1 Å². The van der Waals surface area contributed by atoms with Gasteiger partial charge in [-0.2, -0.15) is 0 Å². The Hall–Kier alpha value is -0.910. The van der Waals surface area contributed by atoms with Gasteiger partial charge in [-0.05, 0) is 39.5 Å². The van der Waals surface area contributed by atoms with Gasteiger partial charge in [0.2, 0.25) is 0 Å². The van der Waals surface area contributed by atoms with Crippen LogP contribution in [0.4, 0.5) is 0 Å². The molecule has 0 atom stereocenters. The van der Waals surface area contributed by atoms with Crippen LogP contribution in [0, 0.1) is 13.8 Å². The predicted molar refractivity (Wildman–Crippen MR) is 79.6 cm³/mol. The zero-order valence-corrected chi connectivity index (χ0v) is 12.5. The van der Waals surface area contributed by atoms with Crippen molar-refractivity contribution < 1.29 is 0 Å². The highest BCUT2D eigenvalue weighted by atomic mass is 32.1. The summed E-state index contributed by atoms with van der Waals surface area (Å²) in [5, 5.41) is 3.68. The minimum Gasteiger partial charge on any atom is -0.328 e. The van der Waals surface area contributed by atoms with Crippen LogP contribution in [0.1, 0.15) is 41.9 Å². The fraction of sp³-hybridized carbons (Fsp3) is 0.643. The number of hydrogen-bond donors (Lipinski definition) is 2. The van der Waals surface area contributed by atoms with Gasteiger partial charge in [0, 0.05) is 29.7 Å². The zero-order chi connectivity index (χ0) is 13.4. The fourth-order valence-corrected chi connectivity index (χ4v) is 3.78. The van der Waals surface area contributed by atoms with Crippen LogP contribution in [0.15, 0.2) is 6.20 Å². The first-order valence-electron chi connectivity index (χ1n) is 7.06. The Labute approximate surface area is 118 Å². The lowest BCUT2D eigenvalue weighted by molar-refractivity contribution is 0.340. The molecule has 0 bridgehead atoms. The molecule has 1 saturated carbocycles. The summed E-state index contributed by atoms with van der Waals surface area (Å²) in [6.45, 7) is 5.14. The summed E-state index contributed by atoms with van der Waals surface area (Å²) in [5.74, 6) is 0. The Morgan fingerprint density at radius 3 is 2.84 bits per heavy atom. The predicted octanol–water partition coefficient (Wildman–Crippen LogP) is 2.37. The van der Waals surface area contributed by atoms with Crippen LogP contribution in [0.2, 0.25) is 0 Å². The molecule has 2 aromatic heterocycles. The highest BCUT2D eigenvalue weighted by molar-refractivity contribution is 7.17. The molecule has 0 spiro atoms. The molecule has 0 unspecified atom stereocenters. The summed E-state index contributed by atoms with van der Waals surface area (Å²) < 4.78 is 2.23. The van der Waals surface area contributed by atoms with Crippen LogP contribution >= 0.6 is 11.3 Å². The monoisotopic (exact) mass is 278 g/mol. The molecular weight excluding hydrogens is 256 g/mol. The maximum Gasteiger partial charge on any atom is 0.194 e. The summed E-state index contributed by atoms with van der Waals surface area (Å²) in [6, 6.07) is 1.03. The normalized spacial score (nSPS) is 24.2. The van der Waals surface area contributed by atoms with Crippen molar-refractivity contribution in [1.29, 1.82) is 0 Å². The quantitative estimate of drug-likeness (QED) is 0.906. The van der Waals surface area contributed by atoms with E-state index in [1.165, 1.54) is 23.4 Å². The lowest BCUT2D eigenvalue weighted by Gasteiger charge is -2.26. The van der Waals surface area contributed by atoms with Crippen LogP contribution in [-0.4, -0.2) is 21.5 Å². The average molecular weight is 278 g/mol. The number of nitrogens with one attached hydrogen (secondary N) is 1. The van der Waals surface area contributed by atoms with E-state index in [4.69, 9.17) is 5.73 Å². The number of aryl methyl sites for hydroxylation is 2. The van der Waals surface area contributed by atoms with E-state index < -0.39 is 0 Å². The standard InChI is InChI=1S/C14H22N4S/c1-9-8-18-13(10(2)17-14(18)19-9)7-16-12-5-3-11(15)4-6-12/h8,11-12,16H,3-7,15H2,1-2H3. The number of imidazole rings is 1. The number of nitrogens with zero attached hydrogens (tertiary/aromatic N) is 2. The molecular formula is C14H22N4S. The molecule has 19 heavy (non-hydrogen) atoms. The van der Waals surface area contributed by atoms with Gasteiger partial charge in [0.25, 0.3) is 0 Å². The maximum absolute atomic E-state index is 5.95. The van der Waals surface area contributed by atoms with Gasteiger partial charge in [-0.3, -0.25) is 4.40 Å². The number of nitrogens with two attached hydrogens (primary N) is 1. The highest BCUT2D eigenvalue weighted by Gasteiger charge is 2.19. The van der Waals surface area contributed by atoms with Crippen LogP contribution < -0.4 is 11.1 Å². The summed E-state index contributed by atoms with van der Waals surface area (Å²) in [4.78, 5) is 7.05. The molecule has 0 amide bonds. The van der Waals surface area contributed by atoms with Crippen molar-refractivity contribution in [3.63, 3.8) is 0 Å². The van der Waals surface area contributed by atoms with Crippen molar-refractivity contribution in [3.8, 4) is 0 Å². The summed E-state index contributed by atoms with van der Waals surface area (Å²) >= 11 is 1.76. The molecule has 5 heteroatoms. The average Bonchev–Trinajstić information content (AvgIpc) is 2.85. The Balaban J connectivity index is 1.69. The molecule has 104 valence electrons. The van der Waals surface area contributed by atoms with E-state index in [1.54, 1.807) is 11.3 Å². The van der Waals surface area contributed by atoms with Gasteiger partial charge in [0.1, 0.15) is 0 Å². The summed E-state index contributed by atoms with van der Waals surface area (Å²) in [7, 11) is 0. The van der Waals surface area contributed by atoms with E-state index in [0.717, 1.165) is 30.0 Å². The topological polar surface area (TPSA) is 55.3 Å². The number of aromatic nitrogens is 2. The highest BCUT2D eigenvalue weighted by Crippen LogP contribution is 2.22. The lowest BCUT2D eigenvalue weighted by Crippen LogP contribution is -2.37. The van der Waals surface area contributed by atoms with Gasteiger partial charge in [-0.25, -0.2) is 4.98 Å². The third-order valence-electron chi connectivity index (χ3n) is 4.07. The Morgan fingerprint density at radius 2 is 2.11 bits per heavy atom. The maximum atomic E-state index is 5.95. The molecule has 2 aromatic rings. The number of rotatable bonds is 3. The first-order valence-corrected chi connectivity index (χ1v) is 7.88. The van der Waals surface area contributed by atoms with Crippen LogP contribution in [0.5, 0.6) is 0 Å². The minimum atomic E-state index is 0.418. The van der Waals surface area contributed by atoms with Crippen molar-refractivity contribution in [2.45, 2.75) is 58.2 Å². The molecule has 3 rings (SSSR count). The molecule has 3 N–H and O–H groups in total. The van der Waals surface area contributed by atoms with E-state index in [2.05, 4.69) is 34.7 Å². The molecule has 1 aliphatic rings. The van der Waals surface area contributed by atoms with Crippen molar-refractivity contribution in [1.82, 2.24) is 14.7 Å². The second kappa shape index (κ2) is 5.23. The van der Waals surface area contributed by atoms with Crippen LogP contribution in [-0.2, 0) is 6.54 Å². The SMILES string of the molecule is Cc1cn2c(CNC3CCC(N)CC3)c(C)nc2s1. The fourth-order valence-electron chi connectivity index (χ4n) is 2.89. The lowest BCUT2D eigenvalue weighted by atomic mass is 9.92. The second-order valence-corrected chi connectivity index (χ2v) is 6.84. The van der Waals surface area contributed by atoms with E-state index in [9.17, 15) is 0 Å². The molecule has 1 fully saturated rings. The van der Waals surface area contributed by atoms with Crippen molar-refractivity contribution in [3.05, 3.63) is 22.5 Å². The van der Waals surface area contributed by atoms with Gasteiger partial charge in [-0.1, -0.05) is 0 Å². The van der Waals surface area contributed by atoms with Gasteiger partial charge >= 0.3 is 0 Å². The number of hydrogen-bond acceptors (Lipinski definition) is 4. The van der Waals surface area contributed by atoms with Crippen molar-refractivity contribution >= 4 is 16.3 Å². The van der Waals surface area contributed by atoms with E-state index in [1.807, 2.05) is 0 Å². The first-order chi connectivity index (χ1) is 9.13. The zero-order valence-electron chi connectivity index (χ0n) is 11.6. The van der Waals surface area contributed by atoms with E-state index in [-0.39, 0.29) is 0 Å². The Kier molecular flexibility index (Phi) is 3.60. The van der Waals surface area contributed by atoms with Crippen LogP contribution in [0.25, 0.3) is 4.96 Å². The molecule has 4 nitrogen and oxygen atoms in total. The minimum absolute atomic E-state index is 0.418. The first kappa shape index (κ1) is 13.1. The molecule has 1 aliphatic carbocycles. The molecule has 2 heterocycles. The molecule has 0 radical (unpaired) electrons. The van der Waals surface area contributed by atoms with Crippen LogP contribution in [0.3, 0.4) is 0 Å². The summed E-state index contributed by atoms with van der Waals surface area (Å²) in [5.41, 5.74) is 8.39.